The summed E-state index contributed by atoms with van der Waals surface area (Å²) >= 11 is 0. The van der Waals surface area contributed by atoms with E-state index in [1.165, 1.54) is 24.3 Å². The van der Waals surface area contributed by atoms with Crippen LogP contribution in [0.15, 0.2) is 48.5 Å². The van der Waals surface area contributed by atoms with Crippen molar-refractivity contribution in [3.63, 3.8) is 0 Å². The van der Waals surface area contributed by atoms with Gasteiger partial charge in [0.1, 0.15) is 42.8 Å². The van der Waals surface area contributed by atoms with Gasteiger partial charge in [0.15, 0.2) is 0 Å². The number of benzene rings is 2. The van der Waals surface area contributed by atoms with Gasteiger partial charge in [-0.2, -0.15) is 13.2 Å². The zero-order chi connectivity index (χ0) is 30.8. The first-order valence-corrected chi connectivity index (χ1v) is 12.6. The van der Waals surface area contributed by atoms with E-state index in [1.807, 2.05) is 0 Å². The molecule has 2 aromatic carbocycles. The summed E-state index contributed by atoms with van der Waals surface area (Å²) in [6.07, 6.45) is -6.92. The van der Waals surface area contributed by atoms with E-state index in [9.17, 15) is 37.1 Å². The first kappa shape index (κ1) is 33.3. The fourth-order valence-electron chi connectivity index (χ4n) is 3.53. The van der Waals surface area contributed by atoms with Gasteiger partial charge in [-0.15, -0.1) is 0 Å². The Morgan fingerprint density at radius 3 is 1.90 bits per heavy atom. The molecule has 2 amide bonds. The van der Waals surface area contributed by atoms with Gasteiger partial charge in [-0.25, -0.2) is 14.0 Å². The third kappa shape index (κ3) is 11.6. The summed E-state index contributed by atoms with van der Waals surface area (Å²) < 4.78 is 66.5. The fraction of sp³-hybridized carbons (Fsp3) is 0.464. The zero-order valence-electron chi connectivity index (χ0n) is 23.1. The quantitative estimate of drug-likeness (QED) is 0.256. The van der Waals surface area contributed by atoms with Gasteiger partial charge in [-0.05, 0) is 56.2 Å². The highest BCUT2D eigenvalue weighted by Gasteiger charge is 2.31. The minimum absolute atomic E-state index is 0.0490. The lowest BCUT2D eigenvalue weighted by atomic mass is 10.0. The van der Waals surface area contributed by atoms with Gasteiger partial charge in [-0.3, -0.25) is 4.79 Å². The van der Waals surface area contributed by atoms with Crippen molar-refractivity contribution in [3.05, 3.63) is 65.2 Å². The van der Waals surface area contributed by atoms with Gasteiger partial charge >= 0.3 is 18.2 Å². The van der Waals surface area contributed by atoms with Crippen molar-refractivity contribution in [2.24, 2.45) is 0 Å². The van der Waals surface area contributed by atoms with Gasteiger partial charge < -0.3 is 30.0 Å². The number of nitrogens with one attached hydrogen (secondary N) is 2. The van der Waals surface area contributed by atoms with Crippen LogP contribution in [0.1, 0.15) is 37.5 Å². The first-order chi connectivity index (χ1) is 19.1. The van der Waals surface area contributed by atoms with Crippen LogP contribution < -0.4 is 15.4 Å². The second-order valence-corrected chi connectivity index (χ2v) is 10.1. The summed E-state index contributed by atoms with van der Waals surface area (Å²) in [5, 5.41) is 14.3. The van der Waals surface area contributed by atoms with Gasteiger partial charge in [-0.1, -0.05) is 24.3 Å². The number of methoxy groups -OCH3 is 1. The predicted molar refractivity (Wildman–Crippen MR) is 140 cm³/mol. The lowest BCUT2D eigenvalue weighted by Crippen LogP contribution is -2.53. The van der Waals surface area contributed by atoms with Gasteiger partial charge in [0, 0.05) is 12.8 Å². The largest absolute Gasteiger partial charge is 0.491 e. The van der Waals surface area contributed by atoms with E-state index < -0.39 is 60.2 Å². The Hall–Kier alpha value is -3.87. The van der Waals surface area contributed by atoms with Crippen molar-refractivity contribution >= 4 is 18.0 Å². The molecule has 3 N–H and O–H groups in total. The van der Waals surface area contributed by atoms with Crippen molar-refractivity contribution in [2.45, 2.75) is 63.6 Å². The number of aliphatic hydroxyl groups excluding tert-OH is 1. The number of hydrogen-bond acceptors (Lipinski definition) is 7. The van der Waals surface area contributed by atoms with Crippen LogP contribution in [0.5, 0.6) is 5.75 Å². The predicted octanol–water partition coefficient (Wildman–Crippen LogP) is 3.75. The topological polar surface area (TPSA) is 123 Å². The van der Waals surface area contributed by atoms with Gasteiger partial charge in [0.25, 0.3) is 0 Å². The van der Waals surface area contributed by atoms with Crippen molar-refractivity contribution in [3.8, 4) is 5.75 Å². The molecule has 2 rings (SSSR count). The lowest BCUT2D eigenvalue weighted by Gasteiger charge is -2.25. The molecule has 0 aliphatic rings. The number of ether oxygens (including phenoxy) is 3. The van der Waals surface area contributed by atoms with Crippen molar-refractivity contribution < 1.29 is 51.3 Å². The maximum atomic E-state index is 13.3. The van der Waals surface area contributed by atoms with E-state index in [0.29, 0.717) is 16.9 Å². The van der Waals surface area contributed by atoms with Gasteiger partial charge in [0.05, 0.1) is 12.7 Å². The number of rotatable bonds is 12. The maximum absolute atomic E-state index is 13.3. The average molecular weight is 587 g/mol. The zero-order valence-corrected chi connectivity index (χ0v) is 23.1. The number of hydrogen-bond donors (Lipinski definition) is 3. The smallest absolute Gasteiger partial charge is 0.416 e. The molecule has 0 aromatic heterocycles. The average Bonchev–Trinajstić information content (AvgIpc) is 2.89. The molecule has 1 unspecified atom stereocenters. The number of carbonyl (C=O) groups is 3. The molecule has 0 spiro atoms. The van der Waals surface area contributed by atoms with E-state index in [2.05, 4.69) is 10.6 Å². The maximum Gasteiger partial charge on any atom is 0.416 e. The van der Waals surface area contributed by atoms with E-state index in [1.54, 1.807) is 32.9 Å². The molecule has 2 aromatic rings. The molecule has 0 aliphatic heterocycles. The second-order valence-electron chi connectivity index (χ2n) is 10.1. The normalized spacial score (nSPS) is 13.9. The van der Waals surface area contributed by atoms with Crippen LogP contribution in [0.4, 0.5) is 22.4 Å². The van der Waals surface area contributed by atoms with Crippen molar-refractivity contribution in [1.29, 1.82) is 0 Å². The number of aliphatic hydroxyl groups is 1. The van der Waals surface area contributed by atoms with Crippen LogP contribution in [0.3, 0.4) is 0 Å². The lowest BCUT2D eigenvalue weighted by molar-refractivity contribution is -0.145. The Morgan fingerprint density at radius 2 is 1.41 bits per heavy atom. The summed E-state index contributed by atoms with van der Waals surface area (Å²) in [5.41, 5.74) is -0.835. The molecule has 13 heteroatoms. The molecule has 0 radical (unpaired) electrons. The highest BCUT2D eigenvalue weighted by Crippen LogP contribution is 2.29. The standard InChI is InChI=1S/C28H34F4N2O7/c1-27(2,3)41-26(38)34-22(13-18-7-11-21(12-8-18)40-16-20(35)15-29)24(36)33-23(25(37)39-4)14-17-5-9-19(10-6-17)28(30,31)32/h5-12,20,22-23,35H,13-16H2,1-4H3,(H,33,36)(H,34,38)/t20?,22-,23-/m0/s1. The third-order valence-corrected chi connectivity index (χ3v) is 5.51. The number of alkyl carbamates (subject to hydrolysis) is 1. The van der Waals surface area contributed by atoms with E-state index in [-0.39, 0.29) is 19.4 Å². The summed E-state index contributed by atoms with van der Waals surface area (Å²) in [5.74, 6) is -1.28. The SMILES string of the molecule is COC(=O)[C@H](Cc1ccc(C(F)(F)F)cc1)NC(=O)[C@H](Cc1ccc(OCC(O)CF)cc1)NC(=O)OC(C)(C)C. The minimum atomic E-state index is -4.53. The molecule has 9 nitrogen and oxygen atoms in total. The highest BCUT2D eigenvalue weighted by atomic mass is 19.4. The molecule has 3 atom stereocenters. The first-order valence-electron chi connectivity index (χ1n) is 12.6. The molecule has 0 aliphatic carbocycles. The molecule has 0 fully saturated rings. The van der Waals surface area contributed by atoms with E-state index >= 15 is 0 Å². The van der Waals surface area contributed by atoms with Crippen LogP contribution in [-0.4, -0.2) is 67.3 Å². The molecule has 41 heavy (non-hydrogen) atoms. The number of carbonyl (C=O) groups excluding carboxylic acids is 3. The molecule has 226 valence electrons. The molecule has 0 saturated carbocycles. The van der Waals surface area contributed by atoms with E-state index in [0.717, 1.165) is 19.2 Å². The summed E-state index contributed by atoms with van der Waals surface area (Å²) in [4.78, 5) is 38.3. The number of amides is 2. The van der Waals surface area contributed by atoms with Crippen LogP contribution in [-0.2, 0) is 38.1 Å². The molecule has 0 heterocycles. The second kappa shape index (κ2) is 14.7. The molecule has 0 bridgehead atoms. The highest BCUT2D eigenvalue weighted by molar-refractivity contribution is 5.90. The van der Waals surface area contributed by atoms with Crippen LogP contribution >= 0.6 is 0 Å². The molecular formula is C28H34F4N2O7. The Morgan fingerprint density at radius 1 is 0.878 bits per heavy atom. The van der Waals surface area contributed by atoms with Crippen LogP contribution in [0.25, 0.3) is 0 Å². The summed E-state index contributed by atoms with van der Waals surface area (Å²) in [6, 6.07) is 7.86. The summed E-state index contributed by atoms with van der Waals surface area (Å²) in [7, 11) is 1.10. The van der Waals surface area contributed by atoms with Crippen LogP contribution in [0.2, 0.25) is 0 Å². The molecule has 0 saturated heterocycles. The Labute approximate surface area is 235 Å². The Kier molecular flexibility index (Phi) is 11.9. The number of halogens is 4. The number of esters is 1. The van der Waals surface area contributed by atoms with Gasteiger partial charge in [0.2, 0.25) is 5.91 Å². The Bertz CT molecular complexity index is 1150. The third-order valence-electron chi connectivity index (χ3n) is 5.51. The summed E-state index contributed by atoms with van der Waals surface area (Å²) in [6.45, 7) is 3.69. The number of alkyl halides is 4. The van der Waals surface area contributed by atoms with Crippen LogP contribution in [0, 0.1) is 0 Å². The minimum Gasteiger partial charge on any atom is -0.491 e. The fourth-order valence-corrected chi connectivity index (χ4v) is 3.53. The molecular weight excluding hydrogens is 552 g/mol. The van der Waals surface area contributed by atoms with Crippen molar-refractivity contribution in [2.75, 3.05) is 20.4 Å². The van der Waals surface area contributed by atoms with E-state index in [4.69, 9.17) is 14.2 Å². The Balaban J connectivity index is 2.22. The monoisotopic (exact) mass is 586 g/mol. The van der Waals surface area contributed by atoms with Crippen molar-refractivity contribution in [1.82, 2.24) is 10.6 Å².